The molecule has 2 aliphatic rings. The number of rotatable bonds is 15. The van der Waals surface area contributed by atoms with Gasteiger partial charge in [-0.1, -0.05) is 132 Å². The van der Waals surface area contributed by atoms with Crippen molar-refractivity contribution >= 4 is 41.3 Å². The number of nitrogens with zero attached hydrogens (tertiary/aromatic N) is 2. The van der Waals surface area contributed by atoms with Gasteiger partial charge in [0.25, 0.3) is 0 Å². The van der Waals surface area contributed by atoms with Crippen LogP contribution in [0.5, 0.6) is 5.75 Å². The Kier molecular flexibility index (Phi) is 16.6. The lowest BCUT2D eigenvalue weighted by Crippen LogP contribution is -2.60. The van der Waals surface area contributed by atoms with Gasteiger partial charge in [-0.3, -0.25) is 24.2 Å². The number of amides is 2. The highest BCUT2D eigenvalue weighted by Crippen LogP contribution is 2.34. The van der Waals surface area contributed by atoms with Gasteiger partial charge < -0.3 is 34.4 Å². The molecule has 17 heteroatoms. The maximum Gasteiger partial charge on any atom is 0.405 e. The maximum absolute atomic E-state index is 13.9. The fraction of sp³-hybridized carbons (Fsp3) is 0.300. The Hall–Kier alpha value is -5.94. The number of alkyl halides is 3. The van der Waals surface area contributed by atoms with Crippen molar-refractivity contribution in [3.8, 4) is 28.4 Å². The van der Waals surface area contributed by atoms with Gasteiger partial charge in [-0.05, 0) is 24.5 Å². The predicted octanol–water partition coefficient (Wildman–Crippen LogP) is 8.40. The van der Waals surface area contributed by atoms with Crippen molar-refractivity contribution in [2.75, 3.05) is 39.3 Å². The quantitative estimate of drug-likeness (QED) is 0.0738. The number of β-amino-alcohol motifs (C(OH)–C–C–N with tert-alkyl or cyclic N) is 1. The first-order chi connectivity index (χ1) is 32.2. The monoisotopic (exact) mass is 960 g/mol. The molecule has 6 aromatic rings. The zero-order chi connectivity index (χ0) is 47.5. The predicted molar refractivity (Wildman–Crippen MR) is 246 cm³/mol. The first-order valence-corrected chi connectivity index (χ1v) is 22.4. The van der Waals surface area contributed by atoms with Crippen LogP contribution in [-0.4, -0.2) is 102 Å². The van der Waals surface area contributed by atoms with Crippen LogP contribution in [0.4, 0.5) is 13.2 Å². The average Bonchev–Trinajstić information content (AvgIpc) is 3.90. The van der Waals surface area contributed by atoms with Crippen LogP contribution in [0.1, 0.15) is 39.9 Å². The number of hydrogen-bond donors (Lipinski definition) is 4. The molecule has 2 amide bonds. The fourth-order valence-electron chi connectivity index (χ4n) is 8.17. The van der Waals surface area contributed by atoms with Crippen molar-refractivity contribution in [2.45, 2.75) is 49.9 Å². The van der Waals surface area contributed by atoms with Crippen LogP contribution < -0.4 is 15.4 Å². The highest BCUT2D eigenvalue weighted by molar-refractivity contribution is 6.33. The Bertz CT molecular complexity index is 2560. The van der Waals surface area contributed by atoms with E-state index in [1.165, 1.54) is 6.07 Å². The molecule has 0 aliphatic carbocycles. The molecule has 352 valence electrons. The first-order valence-electron chi connectivity index (χ1n) is 21.6. The number of ether oxygens (including phenoxy) is 1. The molecule has 5 atom stereocenters. The Labute approximate surface area is 395 Å². The van der Waals surface area contributed by atoms with Crippen LogP contribution >= 0.6 is 23.2 Å². The molecule has 8 rings (SSSR count). The Balaban J connectivity index is 0.000000404. The molecule has 67 heavy (non-hydrogen) atoms. The molecule has 0 bridgehead atoms. The number of furan rings is 2. The molecule has 0 spiro atoms. The second-order valence-corrected chi connectivity index (χ2v) is 17.1. The molecule has 1 fully saturated rings. The second-order valence-electron chi connectivity index (χ2n) is 16.3. The molecular weight excluding hydrogens is 912 g/mol. The summed E-state index contributed by atoms with van der Waals surface area (Å²) in [6, 6.07) is 36.6. The van der Waals surface area contributed by atoms with Crippen molar-refractivity contribution < 1.29 is 51.3 Å². The van der Waals surface area contributed by atoms with Crippen LogP contribution in [0.15, 0.2) is 136 Å². The van der Waals surface area contributed by atoms with Gasteiger partial charge in [-0.15, -0.1) is 0 Å². The fourth-order valence-corrected chi connectivity index (χ4v) is 8.70. The molecule has 4 heterocycles. The van der Waals surface area contributed by atoms with Crippen molar-refractivity contribution in [1.82, 2.24) is 20.4 Å². The third kappa shape index (κ3) is 13.4. The van der Waals surface area contributed by atoms with Gasteiger partial charge in [0.2, 0.25) is 11.8 Å². The summed E-state index contributed by atoms with van der Waals surface area (Å²) in [6.07, 6.45) is -5.81. The van der Waals surface area contributed by atoms with Gasteiger partial charge in [-0.25, -0.2) is 0 Å². The number of hydrogen-bond acceptors (Lipinski definition) is 10. The largest absolute Gasteiger partial charge is 0.490 e. The van der Waals surface area contributed by atoms with Crippen molar-refractivity contribution in [2.24, 2.45) is 5.92 Å². The standard InChI is InChI=1S/C39H42ClF3N4O6.C11H7ClO2/c40-31-19-29(53-36(31)26-11-5-2-6-12-26)21-46-15-16-47(32(22-46)38(51)44-24-39(41,42)43)20-28(48)18-27(17-25-9-3-1-4-10-25)37(50)45-35-30-13-7-8-14-34(30)52-23-33(35)49;12-10-6-9(7-13)14-11(10)8-4-2-1-3-5-8/h1-14,19,27-28,32-33,35,48-49H,15-18,20-24H2,(H,44,51)(H,45,50);1-7H/t27-,28+,32+,33-,35+;/m1./s1. The van der Waals surface area contributed by atoms with Crippen LogP contribution in [0.3, 0.4) is 0 Å². The smallest absolute Gasteiger partial charge is 0.405 e. The summed E-state index contributed by atoms with van der Waals surface area (Å²) in [5.74, 6) is 0.414. The van der Waals surface area contributed by atoms with E-state index in [1.807, 2.05) is 101 Å². The number of aldehydes is 1. The van der Waals surface area contributed by atoms with Gasteiger partial charge in [0.15, 0.2) is 23.6 Å². The Morgan fingerprint density at radius 1 is 0.836 bits per heavy atom. The van der Waals surface area contributed by atoms with E-state index in [2.05, 4.69) is 5.32 Å². The van der Waals surface area contributed by atoms with Crippen LogP contribution in [0.2, 0.25) is 10.0 Å². The third-order valence-corrected chi connectivity index (χ3v) is 12.0. The molecule has 4 aromatic carbocycles. The van der Waals surface area contributed by atoms with E-state index in [9.17, 15) is 37.8 Å². The van der Waals surface area contributed by atoms with E-state index in [4.69, 9.17) is 36.8 Å². The minimum atomic E-state index is -4.61. The summed E-state index contributed by atoms with van der Waals surface area (Å²) in [6.45, 7) is -0.571. The number of aliphatic hydroxyl groups excluding tert-OH is 2. The van der Waals surface area contributed by atoms with Gasteiger partial charge in [0.1, 0.15) is 36.8 Å². The van der Waals surface area contributed by atoms with E-state index >= 15 is 0 Å². The zero-order valence-electron chi connectivity index (χ0n) is 36.1. The lowest BCUT2D eigenvalue weighted by Gasteiger charge is -2.41. The van der Waals surface area contributed by atoms with Gasteiger partial charge in [0, 0.05) is 60.9 Å². The number of fused-ring (bicyclic) bond motifs is 1. The SMILES string of the molecule is O=C(N[C@H]1c2ccccc2OC[C@H]1O)[C@H](Cc1ccccc1)C[C@H](O)CN1CCN(Cc2cc(Cl)c(-c3ccccc3)o2)C[C@H]1C(=O)NCC(F)(F)F.O=Cc1cc(Cl)c(-c2ccccc2)o1. The van der Waals surface area contributed by atoms with Crippen molar-refractivity contribution in [1.29, 1.82) is 0 Å². The van der Waals surface area contributed by atoms with Crippen LogP contribution in [-0.2, 0) is 22.6 Å². The highest BCUT2D eigenvalue weighted by Gasteiger charge is 2.38. The summed E-state index contributed by atoms with van der Waals surface area (Å²) < 4.78 is 56.3. The lowest BCUT2D eigenvalue weighted by molar-refractivity contribution is -0.143. The molecule has 0 saturated carbocycles. The van der Waals surface area contributed by atoms with Crippen molar-refractivity contribution in [3.05, 3.63) is 160 Å². The number of carbonyl (C=O) groups is 3. The Morgan fingerprint density at radius 3 is 2.09 bits per heavy atom. The molecule has 1 saturated heterocycles. The number of para-hydroxylation sites is 1. The molecule has 2 aliphatic heterocycles. The molecule has 0 radical (unpaired) electrons. The van der Waals surface area contributed by atoms with E-state index in [1.54, 1.807) is 35.2 Å². The summed E-state index contributed by atoms with van der Waals surface area (Å²) >= 11 is 12.4. The summed E-state index contributed by atoms with van der Waals surface area (Å²) in [4.78, 5) is 41.2. The zero-order valence-corrected chi connectivity index (χ0v) is 37.6. The molecule has 4 N–H and O–H groups in total. The second kappa shape index (κ2) is 22.7. The van der Waals surface area contributed by atoms with Gasteiger partial charge in [-0.2, -0.15) is 13.2 Å². The number of carbonyl (C=O) groups excluding carboxylic acids is 3. The van der Waals surface area contributed by atoms with Gasteiger partial charge in [0.05, 0.1) is 28.7 Å². The van der Waals surface area contributed by atoms with Crippen molar-refractivity contribution in [3.63, 3.8) is 0 Å². The maximum atomic E-state index is 13.9. The molecule has 2 aromatic heterocycles. The summed E-state index contributed by atoms with van der Waals surface area (Å²) in [5.41, 5.74) is 3.15. The van der Waals surface area contributed by atoms with Crippen LogP contribution in [0, 0.1) is 5.92 Å². The topological polar surface area (TPSA) is 158 Å². The average molecular weight is 962 g/mol. The van der Waals surface area contributed by atoms with E-state index in [0.717, 1.165) is 16.7 Å². The van der Waals surface area contributed by atoms with Gasteiger partial charge >= 0.3 is 6.18 Å². The number of nitrogens with one attached hydrogen (secondary N) is 2. The minimum Gasteiger partial charge on any atom is -0.490 e. The highest BCUT2D eigenvalue weighted by atomic mass is 35.5. The third-order valence-electron chi connectivity index (χ3n) is 11.4. The Morgan fingerprint density at radius 2 is 1.45 bits per heavy atom. The summed E-state index contributed by atoms with van der Waals surface area (Å²) in [7, 11) is 0. The minimum absolute atomic E-state index is 0.00114. The number of piperazine rings is 1. The summed E-state index contributed by atoms with van der Waals surface area (Å²) in [5, 5.41) is 28.1. The van der Waals surface area contributed by atoms with E-state index < -0.39 is 48.8 Å². The normalized spacial score (nSPS) is 18.3. The first kappa shape index (κ1) is 49.0. The number of benzene rings is 4. The van der Waals surface area contributed by atoms with E-state index in [-0.39, 0.29) is 57.3 Å². The van der Waals surface area contributed by atoms with E-state index in [0.29, 0.717) is 51.5 Å². The molecule has 12 nitrogen and oxygen atoms in total. The lowest BCUT2D eigenvalue weighted by atomic mass is 9.90. The number of halogens is 5. The molecular formula is C50H49Cl2F3N4O8. The number of aliphatic hydroxyl groups is 2. The molecule has 0 unspecified atom stereocenters. The van der Waals surface area contributed by atoms with Crippen LogP contribution in [0.25, 0.3) is 22.6 Å².